The Morgan fingerprint density at radius 3 is 2.35 bits per heavy atom. The van der Waals surface area contributed by atoms with Gasteiger partial charge in [-0.1, -0.05) is 38.1 Å². The number of hydrogen-bond donors (Lipinski definition) is 2. The van der Waals surface area contributed by atoms with Gasteiger partial charge < -0.3 is 15.6 Å². The SMILES string of the molecule is CC(O)C(C)OC1(CN)CCC(C)(C)c2ccccc21. The molecule has 1 aromatic rings. The van der Waals surface area contributed by atoms with Gasteiger partial charge >= 0.3 is 0 Å². The fraction of sp³-hybridized carbons (Fsp3) is 0.647. The fourth-order valence-electron chi connectivity index (χ4n) is 3.09. The van der Waals surface area contributed by atoms with Gasteiger partial charge in [0.25, 0.3) is 0 Å². The van der Waals surface area contributed by atoms with Crippen molar-refractivity contribution in [3.63, 3.8) is 0 Å². The van der Waals surface area contributed by atoms with Crippen LogP contribution in [0.4, 0.5) is 0 Å². The summed E-state index contributed by atoms with van der Waals surface area (Å²) >= 11 is 0. The van der Waals surface area contributed by atoms with Crippen LogP contribution in [0, 0.1) is 0 Å². The highest BCUT2D eigenvalue weighted by Crippen LogP contribution is 2.46. The normalized spacial score (nSPS) is 27.7. The summed E-state index contributed by atoms with van der Waals surface area (Å²) in [5, 5.41) is 9.75. The predicted molar refractivity (Wildman–Crippen MR) is 81.7 cm³/mol. The Morgan fingerprint density at radius 1 is 1.20 bits per heavy atom. The summed E-state index contributed by atoms with van der Waals surface area (Å²) in [5.41, 5.74) is 8.26. The lowest BCUT2D eigenvalue weighted by molar-refractivity contribution is -0.134. The summed E-state index contributed by atoms with van der Waals surface area (Å²) in [5.74, 6) is 0. The van der Waals surface area contributed by atoms with Gasteiger partial charge in [0.1, 0.15) is 5.60 Å². The molecule has 112 valence electrons. The van der Waals surface area contributed by atoms with Gasteiger partial charge in [-0.3, -0.25) is 0 Å². The van der Waals surface area contributed by atoms with Crippen molar-refractivity contribution < 1.29 is 9.84 Å². The third-order valence-corrected chi connectivity index (χ3v) is 4.72. The van der Waals surface area contributed by atoms with E-state index in [1.165, 1.54) is 11.1 Å². The summed E-state index contributed by atoms with van der Waals surface area (Å²) in [4.78, 5) is 0. The first-order chi connectivity index (χ1) is 9.32. The lowest BCUT2D eigenvalue weighted by Crippen LogP contribution is -2.48. The lowest BCUT2D eigenvalue weighted by atomic mass is 9.66. The van der Waals surface area contributed by atoms with Crippen LogP contribution in [0.2, 0.25) is 0 Å². The third kappa shape index (κ3) is 2.62. The zero-order valence-electron chi connectivity index (χ0n) is 13.0. The zero-order valence-corrected chi connectivity index (χ0v) is 13.0. The minimum Gasteiger partial charge on any atom is -0.391 e. The number of aliphatic hydroxyl groups excluding tert-OH is 1. The van der Waals surface area contributed by atoms with Crippen molar-refractivity contribution in [1.82, 2.24) is 0 Å². The molecular formula is C17H27NO2. The van der Waals surface area contributed by atoms with Crippen LogP contribution in [0.3, 0.4) is 0 Å². The number of aliphatic hydroxyl groups is 1. The van der Waals surface area contributed by atoms with E-state index in [1.807, 2.05) is 13.0 Å². The Kier molecular flexibility index (Phi) is 4.24. The van der Waals surface area contributed by atoms with Gasteiger partial charge in [0.05, 0.1) is 12.2 Å². The second-order valence-corrected chi connectivity index (χ2v) is 6.69. The molecule has 1 aliphatic carbocycles. The highest BCUT2D eigenvalue weighted by Gasteiger charge is 2.43. The molecule has 2 rings (SSSR count). The van der Waals surface area contributed by atoms with Crippen molar-refractivity contribution in [3.05, 3.63) is 35.4 Å². The molecule has 3 nitrogen and oxygen atoms in total. The van der Waals surface area contributed by atoms with Crippen molar-refractivity contribution in [2.24, 2.45) is 5.73 Å². The van der Waals surface area contributed by atoms with Crippen LogP contribution in [0.25, 0.3) is 0 Å². The standard InChI is InChI=1S/C17H27NO2/c1-12(19)13(2)20-17(11-18)10-9-16(3,4)14-7-5-6-8-15(14)17/h5-8,12-13,19H,9-11,18H2,1-4H3. The van der Waals surface area contributed by atoms with Gasteiger partial charge in [-0.05, 0) is 43.2 Å². The Bertz CT molecular complexity index is 470. The molecule has 3 N–H and O–H groups in total. The molecule has 0 heterocycles. The molecule has 0 bridgehead atoms. The Labute approximate surface area is 122 Å². The Morgan fingerprint density at radius 2 is 1.80 bits per heavy atom. The number of benzene rings is 1. The average Bonchev–Trinajstić information content (AvgIpc) is 2.42. The fourth-order valence-corrected chi connectivity index (χ4v) is 3.09. The van der Waals surface area contributed by atoms with Gasteiger partial charge in [-0.25, -0.2) is 0 Å². The van der Waals surface area contributed by atoms with Crippen LogP contribution in [0.1, 0.15) is 51.7 Å². The molecule has 1 aromatic carbocycles. The van der Waals surface area contributed by atoms with Crippen LogP contribution < -0.4 is 5.73 Å². The molecule has 3 heteroatoms. The van der Waals surface area contributed by atoms with Crippen LogP contribution in [-0.2, 0) is 15.8 Å². The molecule has 0 spiro atoms. The molecule has 3 unspecified atom stereocenters. The van der Waals surface area contributed by atoms with E-state index in [2.05, 4.69) is 32.0 Å². The van der Waals surface area contributed by atoms with Crippen molar-refractivity contribution in [1.29, 1.82) is 0 Å². The minimum atomic E-state index is -0.500. The van der Waals surface area contributed by atoms with Crippen molar-refractivity contribution in [2.45, 2.75) is 63.8 Å². The van der Waals surface area contributed by atoms with Gasteiger partial charge in [0.2, 0.25) is 0 Å². The summed E-state index contributed by atoms with van der Waals surface area (Å²) in [7, 11) is 0. The second-order valence-electron chi connectivity index (χ2n) is 6.69. The van der Waals surface area contributed by atoms with Crippen molar-refractivity contribution in [3.8, 4) is 0 Å². The summed E-state index contributed by atoms with van der Waals surface area (Å²) in [6.07, 6.45) is 1.20. The minimum absolute atomic E-state index is 0.146. The van der Waals surface area contributed by atoms with E-state index in [0.717, 1.165) is 12.8 Å². The van der Waals surface area contributed by atoms with Gasteiger partial charge in [-0.2, -0.15) is 0 Å². The van der Waals surface area contributed by atoms with E-state index in [0.29, 0.717) is 6.54 Å². The van der Waals surface area contributed by atoms with E-state index < -0.39 is 11.7 Å². The van der Waals surface area contributed by atoms with E-state index in [4.69, 9.17) is 10.5 Å². The molecule has 3 atom stereocenters. The summed E-state index contributed by atoms with van der Waals surface area (Å²) in [6, 6.07) is 8.42. The monoisotopic (exact) mass is 277 g/mol. The highest BCUT2D eigenvalue weighted by molar-refractivity contribution is 5.40. The topological polar surface area (TPSA) is 55.5 Å². The average molecular weight is 277 g/mol. The molecule has 0 fully saturated rings. The van der Waals surface area contributed by atoms with Crippen LogP contribution in [0.15, 0.2) is 24.3 Å². The maximum absolute atomic E-state index is 9.75. The maximum atomic E-state index is 9.75. The number of nitrogens with two attached hydrogens (primary N) is 1. The molecule has 0 saturated heterocycles. The Balaban J connectivity index is 2.45. The predicted octanol–water partition coefficient (Wildman–Crippen LogP) is 2.70. The Hall–Kier alpha value is -0.900. The third-order valence-electron chi connectivity index (χ3n) is 4.72. The first kappa shape index (κ1) is 15.5. The van der Waals surface area contributed by atoms with Crippen LogP contribution in [-0.4, -0.2) is 23.9 Å². The van der Waals surface area contributed by atoms with Crippen molar-refractivity contribution >= 4 is 0 Å². The summed E-state index contributed by atoms with van der Waals surface area (Å²) in [6.45, 7) is 8.64. The molecule has 0 aromatic heterocycles. The number of rotatable bonds is 4. The maximum Gasteiger partial charge on any atom is 0.106 e. The molecule has 0 amide bonds. The number of hydrogen-bond acceptors (Lipinski definition) is 3. The molecule has 0 aliphatic heterocycles. The smallest absolute Gasteiger partial charge is 0.106 e. The van der Waals surface area contributed by atoms with Gasteiger partial charge in [0, 0.05) is 6.54 Å². The molecule has 1 aliphatic rings. The van der Waals surface area contributed by atoms with E-state index in [-0.39, 0.29) is 11.5 Å². The zero-order chi connectivity index (χ0) is 15.0. The highest BCUT2D eigenvalue weighted by atomic mass is 16.5. The second kappa shape index (κ2) is 5.47. The van der Waals surface area contributed by atoms with E-state index >= 15 is 0 Å². The molecular weight excluding hydrogens is 250 g/mol. The first-order valence-corrected chi connectivity index (χ1v) is 7.48. The largest absolute Gasteiger partial charge is 0.391 e. The van der Waals surface area contributed by atoms with Gasteiger partial charge in [-0.15, -0.1) is 0 Å². The number of fused-ring (bicyclic) bond motifs is 1. The van der Waals surface area contributed by atoms with Crippen LogP contribution >= 0.6 is 0 Å². The molecule has 20 heavy (non-hydrogen) atoms. The quantitative estimate of drug-likeness (QED) is 0.889. The summed E-state index contributed by atoms with van der Waals surface area (Å²) < 4.78 is 6.23. The van der Waals surface area contributed by atoms with E-state index in [9.17, 15) is 5.11 Å². The number of ether oxygens (including phenoxy) is 1. The molecule has 0 saturated carbocycles. The molecule has 0 radical (unpaired) electrons. The van der Waals surface area contributed by atoms with Crippen molar-refractivity contribution in [2.75, 3.05) is 6.54 Å². The van der Waals surface area contributed by atoms with Gasteiger partial charge in [0.15, 0.2) is 0 Å². The van der Waals surface area contributed by atoms with Crippen LogP contribution in [0.5, 0.6) is 0 Å². The first-order valence-electron chi connectivity index (χ1n) is 7.48. The lowest BCUT2D eigenvalue weighted by Gasteiger charge is -2.46. The van der Waals surface area contributed by atoms with E-state index in [1.54, 1.807) is 6.92 Å².